The van der Waals surface area contributed by atoms with Crippen molar-refractivity contribution in [2.45, 2.75) is 46.9 Å². The third-order valence-corrected chi connectivity index (χ3v) is 2.67. The molecule has 0 aromatic carbocycles. The molecule has 0 fully saturated rings. The molecule has 0 radical (unpaired) electrons. The molecule has 0 spiro atoms. The number of nitrogens with zero attached hydrogens (tertiary/aromatic N) is 3. The van der Waals surface area contributed by atoms with Crippen LogP contribution in [-0.2, 0) is 13.2 Å². The Bertz CT molecular complexity index is 566. The van der Waals surface area contributed by atoms with Gasteiger partial charge in [0.1, 0.15) is 5.75 Å². The molecule has 2 heterocycles. The molecule has 20 heavy (non-hydrogen) atoms. The van der Waals surface area contributed by atoms with Crippen molar-refractivity contribution in [3.05, 3.63) is 35.3 Å². The van der Waals surface area contributed by atoms with E-state index in [-0.39, 0.29) is 6.61 Å². The molecular formula is C14H20N4O2. The summed E-state index contributed by atoms with van der Waals surface area (Å²) in [5.74, 6) is 1.73. The first-order valence-corrected chi connectivity index (χ1v) is 6.66. The van der Waals surface area contributed by atoms with Gasteiger partial charge in [0, 0.05) is 25.2 Å². The minimum atomic E-state index is 0.250. The molecule has 0 bridgehead atoms. The summed E-state index contributed by atoms with van der Waals surface area (Å²) in [4.78, 5) is 4.51. The Morgan fingerprint density at radius 1 is 1.25 bits per heavy atom. The van der Waals surface area contributed by atoms with Crippen LogP contribution in [0.15, 0.2) is 16.5 Å². The van der Waals surface area contributed by atoms with Crippen molar-refractivity contribution in [1.29, 1.82) is 0 Å². The highest BCUT2D eigenvalue weighted by molar-refractivity contribution is 5.29. The van der Waals surface area contributed by atoms with Gasteiger partial charge in [-0.05, 0) is 19.1 Å². The van der Waals surface area contributed by atoms with Gasteiger partial charge in [-0.1, -0.05) is 13.8 Å². The van der Waals surface area contributed by atoms with E-state index in [1.807, 2.05) is 19.1 Å². The number of nitrogens with one attached hydrogen (secondary N) is 1. The number of rotatable bonds is 6. The molecule has 0 aliphatic rings. The van der Waals surface area contributed by atoms with Gasteiger partial charge in [0.25, 0.3) is 5.89 Å². The highest BCUT2D eigenvalue weighted by Gasteiger charge is 2.09. The predicted octanol–water partition coefficient (Wildman–Crippen LogP) is 2.16. The lowest BCUT2D eigenvalue weighted by Crippen LogP contribution is -2.23. The van der Waals surface area contributed by atoms with Crippen molar-refractivity contribution in [3.63, 3.8) is 0 Å². The van der Waals surface area contributed by atoms with Crippen LogP contribution in [0.25, 0.3) is 0 Å². The van der Waals surface area contributed by atoms with E-state index in [0.717, 1.165) is 17.1 Å². The van der Waals surface area contributed by atoms with E-state index >= 15 is 0 Å². The van der Waals surface area contributed by atoms with E-state index in [2.05, 4.69) is 34.3 Å². The Morgan fingerprint density at radius 2 is 2.05 bits per heavy atom. The van der Waals surface area contributed by atoms with E-state index in [9.17, 15) is 0 Å². The van der Waals surface area contributed by atoms with Crippen molar-refractivity contribution >= 4 is 0 Å². The molecule has 1 N–H and O–H groups in total. The maximum atomic E-state index is 5.73. The average Bonchev–Trinajstić information content (AvgIpc) is 2.81. The third-order valence-electron chi connectivity index (χ3n) is 2.67. The summed E-state index contributed by atoms with van der Waals surface area (Å²) in [6, 6.07) is 4.24. The second-order valence-electron chi connectivity index (χ2n) is 4.94. The normalized spacial score (nSPS) is 11.1. The minimum Gasteiger partial charge on any atom is -0.482 e. The number of hydrogen-bond acceptors (Lipinski definition) is 6. The van der Waals surface area contributed by atoms with Gasteiger partial charge in [-0.2, -0.15) is 0 Å². The molecule has 108 valence electrons. The maximum Gasteiger partial charge on any atom is 0.253 e. The van der Waals surface area contributed by atoms with Gasteiger partial charge in [-0.15, -0.1) is 10.2 Å². The SMILES string of the molecule is Cc1ccc(OCc2nnc(C)o2)c(CNC(C)C)n1. The van der Waals surface area contributed by atoms with Crippen molar-refractivity contribution in [1.82, 2.24) is 20.5 Å². The first-order chi connectivity index (χ1) is 9.54. The van der Waals surface area contributed by atoms with Crippen LogP contribution in [0.2, 0.25) is 0 Å². The molecule has 2 rings (SSSR count). The molecule has 0 atom stereocenters. The lowest BCUT2D eigenvalue weighted by atomic mass is 10.2. The number of ether oxygens (including phenoxy) is 1. The molecular weight excluding hydrogens is 256 g/mol. The fourth-order valence-electron chi connectivity index (χ4n) is 1.69. The quantitative estimate of drug-likeness (QED) is 0.871. The molecule has 0 saturated carbocycles. The van der Waals surface area contributed by atoms with Crippen LogP contribution in [0.5, 0.6) is 5.75 Å². The Hall–Kier alpha value is -1.95. The van der Waals surface area contributed by atoms with Gasteiger partial charge in [0.05, 0.1) is 5.69 Å². The van der Waals surface area contributed by atoms with Gasteiger partial charge in [0.15, 0.2) is 6.61 Å². The minimum absolute atomic E-state index is 0.250. The van der Waals surface area contributed by atoms with Crippen LogP contribution in [-0.4, -0.2) is 21.2 Å². The summed E-state index contributed by atoms with van der Waals surface area (Å²) in [6.45, 7) is 8.82. The number of aromatic nitrogens is 3. The van der Waals surface area contributed by atoms with Crippen molar-refractivity contribution < 1.29 is 9.15 Å². The van der Waals surface area contributed by atoms with Crippen LogP contribution in [0.4, 0.5) is 0 Å². The molecule has 6 nitrogen and oxygen atoms in total. The van der Waals surface area contributed by atoms with Crippen LogP contribution in [0.1, 0.15) is 37.0 Å². The van der Waals surface area contributed by atoms with E-state index in [4.69, 9.17) is 9.15 Å². The average molecular weight is 276 g/mol. The highest BCUT2D eigenvalue weighted by Crippen LogP contribution is 2.18. The predicted molar refractivity (Wildman–Crippen MR) is 74.3 cm³/mol. The zero-order chi connectivity index (χ0) is 14.5. The van der Waals surface area contributed by atoms with E-state index in [1.54, 1.807) is 6.92 Å². The Balaban J connectivity index is 2.05. The fraction of sp³-hybridized carbons (Fsp3) is 0.500. The van der Waals surface area contributed by atoms with Crippen LogP contribution >= 0.6 is 0 Å². The summed E-state index contributed by atoms with van der Waals surface area (Å²) >= 11 is 0. The monoisotopic (exact) mass is 276 g/mol. The smallest absolute Gasteiger partial charge is 0.253 e. The molecule has 0 unspecified atom stereocenters. The highest BCUT2D eigenvalue weighted by atomic mass is 16.5. The Kier molecular flexibility index (Phi) is 4.68. The topological polar surface area (TPSA) is 73.1 Å². The van der Waals surface area contributed by atoms with Gasteiger partial charge in [-0.25, -0.2) is 0 Å². The first-order valence-electron chi connectivity index (χ1n) is 6.66. The summed E-state index contributed by atoms with van der Waals surface area (Å²) in [7, 11) is 0. The van der Waals surface area contributed by atoms with Crippen molar-refractivity contribution in [3.8, 4) is 5.75 Å². The van der Waals surface area contributed by atoms with Crippen LogP contribution in [0, 0.1) is 13.8 Å². The molecule has 0 amide bonds. The zero-order valence-electron chi connectivity index (χ0n) is 12.3. The molecule has 6 heteroatoms. The third kappa shape index (κ3) is 4.03. The van der Waals surface area contributed by atoms with Gasteiger partial charge >= 0.3 is 0 Å². The van der Waals surface area contributed by atoms with Crippen LogP contribution in [0.3, 0.4) is 0 Å². The van der Waals surface area contributed by atoms with Gasteiger partial charge in [0.2, 0.25) is 5.89 Å². The summed E-state index contributed by atoms with van der Waals surface area (Å²) < 4.78 is 11.0. The van der Waals surface area contributed by atoms with E-state index < -0.39 is 0 Å². The molecule has 0 aliphatic carbocycles. The van der Waals surface area contributed by atoms with Crippen molar-refractivity contribution in [2.75, 3.05) is 0 Å². The Labute approximate surface area is 118 Å². The Morgan fingerprint density at radius 3 is 2.70 bits per heavy atom. The van der Waals surface area contributed by atoms with E-state index in [0.29, 0.717) is 24.4 Å². The number of aryl methyl sites for hydroxylation is 2. The van der Waals surface area contributed by atoms with Crippen LogP contribution < -0.4 is 10.1 Å². The summed E-state index contributed by atoms with van der Waals surface area (Å²) in [5, 5.41) is 11.0. The number of hydrogen-bond donors (Lipinski definition) is 1. The lowest BCUT2D eigenvalue weighted by molar-refractivity contribution is 0.256. The second kappa shape index (κ2) is 6.47. The van der Waals surface area contributed by atoms with Gasteiger partial charge in [-0.3, -0.25) is 4.98 Å². The summed E-state index contributed by atoms with van der Waals surface area (Å²) in [6.07, 6.45) is 0. The summed E-state index contributed by atoms with van der Waals surface area (Å²) in [5.41, 5.74) is 1.85. The molecule has 0 aliphatic heterocycles. The van der Waals surface area contributed by atoms with Gasteiger partial charge < -0.3 is 14.5 Å². The molecule has 0 saturated heterocycles. The second-order valence-corrected chi connectivity index (χ2v) is 4.94. The zero-order valence-corrected chi connectivity index (χ0v) is 12.3. The first kappa shape index (κ1) is 14.5. The fourth-order valence-corrected chi connectivity index (χ4v) is 1.69. The standard InChI is InChI=1S/C14H20N4O2/c1-9(2)15-7-12-13(6-5-10(3)16-12)19-8-14-18-17-11(4)20-14/h5-6,9,15H,7-8H2,1-4H3. The van der Waals surface area contributed by atoms with E-state index in [1.165, 1.54) is 0 Å². The molecule has 2 aromatic heterocycles. The van der Waals surface area contributed by atoms with Crippen molar-refractivity contribution in [2.24, 2.45) is 0 Å². The number of pyridine rings is 1. The molecule has 2 aromatic rings. The largest absolute Gasteiger partial charge is 0.482 e. The lowest BCUT2D eigenvalue weighted by Gasteiger charge is -2.12. The maximum absolute atomic E-state index is 5.73.